The summed E-state index contributed by atoms with van der Waals surface area (Å²) in [7, 11) is 1.54. The van der Waals surface area contributed by atoms with Crippen molar-refractivity contribution in [1.29, 1.82) is 0 Å². The standard InChI is InChI=1S/C28H37N3O5/c1-36-25-14-8-13-24(32)27(25)23-18-22(30-31(23)21-11-6-3-7-12-21)28(35)29-20(17-26(33)34)16-15-19-9-4-2-5-10-19/h6,8,11,13-14,18-21,32H,2-5,7,9-10,12,15-17H2,1H3,(H,29,35)(H,33,34)/t20-,21?/m0/s1. The lowest BCUT2D eigenvalue weighted by Crippen LogP contribution is -2.37. The van der Waals surface area contributed by atoms with E-state index in [4.69, 9.17) is 4.74 Å². The molecule has 0 aliphatic heterocycles. The summed E-state index contributed by atoms with van der Waals surface area (Å²) >= 11 is 0. The molecule has 4 rings (SSSR count). The Bertz CT molecular complexity index is 1090. The quantitative estimate of drug-likeness (QED) is 0.376. The summed E-state index contributed by atoms with van der Waals surface area (Å²) in [6, 6.07) is 6.20. The van der Waals surface area contributed by atoms with E-state index in [2.05, 4.69) is 22.6 Å². The number of hydrogen-bond acceptors (Lipinski definition) is 5. The van der Waals surface area contributed by atoms with E-state index in [-0.39, 0.29) is 23.9 Å². The van der Waals surface area contributed by atoms with Crippen molar-refractivity contribution in [3.63, 3.8) is 0 Å². The number of phenols is 1. The van der Waals surface area contributed by atoms with Crippen LogP contribution in [0.15, 0.2) is 36.4 Å². The topological polar surface area (TPSA) is 114 Å². The molecular formula is C28H37N3O5. The third-order valence-electron chi connectivity index (χ3n) is 7.40. The van der Waals surface area contributed by atoms with Gasteiger partial charge >= 0.3 is 5.97 Å². The average molecular weight is 496 g/mol. The molecule has 1 aromatic carbocycles. The van der Waals surface area contributed by atoms with Crippen molar-refractivity contribution in [3.05, 3.63) is 42.1 Å². The molecule has 1 unspecified atom stereocenters. The van der Waals surface area contributed by atoms with Crippen LogP contribution in [-0.2, 0) is 4.79 Å². The first-order valence-electron chi connectivity index (χ1n) is 13.1. The molecule has 2 aromatic rings. The lowest BCUT2D eigenvalue weighted by molar-refractivity contribution is -0.137. The van der Waals surface area contributed by atoms with E-state index in [1.54, 1.807) is 28.9 Å². The van der Waals surface area contributed by atoms with Gasteiger partial charge in [-0.15, -0.1) is 0 Å². The maximum absolute atomic E-state index is 13.3. The molecule has 2 aliphatic rings. The molecule has 0 bridgehead atoms. The number of carbonyl (C=O) groups is 2. The number of phenolic OH excluding ortho intramolecular Hbond substituents is 1. The Morgan fingerprint density at radius 3 is 2.69 bits per heavy atom. The van der Waals surface area contributed by atoms with Crippen molar-refractivity contribution in [3.8, 4) is 22.8 Å². The molecule has 1 amide bonds. The van der Waals surface area contributed by atoms with Crippen LogP contribution in [0.2, 0.25) is 0 Å². The maximum atomic E-state index is 13.3. The fraction of sp³-hybridized carbons (Fsp3) is 0.536. The van der Waals surface area contributed by atoms with Gasteiger partial charge in [0.05, 0.1) is 30.8 Å². The highest BCUT2D eigenvalue weighted by Crippen LogP contribution is 2.40. The summed E-state index contributed by atoms with van der Waals surface area (Å²) in [4.78, 5) is 24.8. The third kappa shape index (κ3) is 6.28. The highest BCUT2D eigenvalue weighted by molar-refractivity contribution is 5.94. The molecule has 8 nitrogen and oxygen atoms in total. The Balaban J connectivity index is 1.60. The number of aliphatic carboxylic acids is 1. The Hall–Kier alpha value is -3.29. The molecule has 0 spiro atoms. The fourth-order valence-electron chi connectivity index (χ4n) is 5.50. The number of rotatable bonds is 10. The van der Waals surface area contributed by atoms with Crippen LogP contribution >= 0.6 is 0 Å². The van der Waals surface area contributed by atoms with E-state index in [0.717, 1.165) is 25.7 Å². The number of aromatic hydroxyl groups is 1. The van der Waals surface area contributed by atoms with Crippen molar-refractivity contribution in [1.82, 2.24) is 15.1 Å². The number of carbonyl (C=O) groups excluding carboxylic acids is 1. The molecule has 1 aromatic heterocycles. The van der Waals surface area contributed by atoms with Crippen LogP contribution in [0.4, 0.5) is 0 Å². The monoisotopic (exact) mass is 495 g/mol. The van der Waals surface area contributed by atoms with Crippen LogP contribution in [0.3, 0.4) is 0 Å². The molecule has 1 fully saturated rings. The number of nitrogens with zero attached hydrogens (tertiary/aromatic N) is 2. The van der Waals surface area contributed by atoms with Crippen molar-refractivity contribution < 1.29 is 24.5 Å². The molecule has 2 aliphatic carbocycles. The van der Waals surface area contributed by atoms with Gasteiger partial charge in [0.2, 0.25) is 0 Å². The SMILES string of the molecule is COc1cccc(O)c1-c1cc(C(=O)N[C@@H](CCC2CCCCC2)CC(=O)O)nn1C1C=CCCC1. The Morgan fingerprint density at radius 1 is 1.19 bits per heavy atom. The first-order valence-corrected chi connectivity index (χ1v) is 13.1. The predicted octanol–water partition coefficient (Wildman–Crippen LogP) is 5.48. The van der Waals surface area contributed by atoms with Crippen LogP contribution < -0.4 is 10.1 Å². The van der Waals surface area contributed by atoms with Gasteiger partial charge in [-0.3, -0.25) is 14.3 Å². The largest absolute Gasteiger partial charge is 0.507 e. The number of carboxylic acid groups (broad SMARTS) is 1. The number of aromatic nitrogens is 2. The van der Waals surface area contributed by atoms with Gasteiger partial charge in [0.1, 0.15) is 11.5 Å². The zero-order chi connectivity index (χ0) is 25.5. The normalized spacial score (nSPS) is 19.1. The van der Waals surface area contributed by atoms with E-state index in [1.165, 1.54) is 39.2 Å². The molecule has 3 N–H and O–H groups in total. The minimum Gasteiger partial charge on any atom is -0.507 e. The smallest absolute Gasteiger partial charge is 0.305 e. The highest BCUT2D eigenvalue weighted by Gasteiger charge is 2.26. The summed E-state index contributed by atoms with van der Waals surface area (Å²) in [6.07, 6.45) is 14.6. The van der Waals surface area contributed by atoms with E-state index in [1.807, 2.05) is 0 Å². The van der Waals surface area contributed by atoms with Gasteiger partial charge in [0.25, 0.3) is 5.91 Å². The van der Waals surface area contributed by atoms with Gasteiger partial charge < -0.3 is 20.3 Å². The number of benzene rings is 1. The predicted molar refractivity (Wildman–Crippen MR) is 137 cm³/mol. The van der Waals surface area contributed by atoms with Crippen LogP contribution in [0.5, 0.6) is 11.5 Å². The van der Waals surface area contributed by atoms with Crippen LogP contribution in [0.25, 0.3) is 11.3 Å². The van der Waals surface area contributed by atoms with Crippen LogP contribution in [0.1, 0.15) is 87.2 Å². The van der Waals surface area contributed by atoms with Gasteiger partial charge in [0.15, 0.2) is 5.69 Å². The number of hydrogen-bond donors (Lipinski definition) is 3. The maximum Gasteiger partial charge on any atom is 0.305 e. The molecule has 0 saturated heterocycles. The van der Waals surface area contributed by atoms with Gasteiger partial charge in [-0.25, -0.2) is 0 Å². The first-order chi connectivity index (χ1) is 17.5. The van der Waals surface area contributed by atoms with Crippen LogP contribution in [0, 0.1) is 5.92 Å². The van der Waals surface area contributed by atoms with Gasteiger partial charge in [-0.2, -0.15) is 5.10 Å². The number of nitrogens with one attached hydrogen (secondary N) is 1. The zero-order valence-corrected chi connectivity index (χ0v) is 21.0. The Morgan fingerprint density at radius 2 is 2.00 bits per heavy atom. The lowest BCUT2D eigenvalue weighted by atomic mass is 9.85. The molecule has 1 saturated carbocycles. The van der Waals surface area contributed by atoms with Gasteiger partial charge in [-0.1, -0.05) is 50.3 Å². The summed E-state index contributed by atoms with van der Waals surface area (Å²) < 4.78 is 7.28. The first kappa shape index (κ1) is 25.8. The average Bonchev–Trinajstić information content (AvgIpc) is 3.33. The fourth-order valence-corrected chi connectivity index (χ4v) is 5.50. The van der Waals surface area contributed by atoms with Crippen molar-refractivity contribution in [2.75, 3.05) is 7.11 Å². The van der Waals surface area contributed by atoms with Crippen LogP contribution in [-0.4, -0.2) is 45.0 Å². The summed E-state index contributed by atoms with van der Waals surface area (Å²) in [5.41, 5.74) is 1.26. The molecule has 1 heterocycles. The van der Waals surface area contributed by atoms with E-state index in [0.29, 0.717) is 29.3 Å². The molecule has 194 valence electrons. The number of ether oxygens (including phenoxy) is 1. The molecule has 2 atom stereocenters. The van der Waals surface area contributed by atoms with Gasteiger partial charge in [0, 0.05) is 6.04 Å². The molecular weight excluding hydrogens is 458 g/mol. The minimum absolute atomic E-state index is 0.0403. The summed E-state index contributed by atoms with van der Waals surface area (Å²) in [5, 5.41) is 27.7. The summed E-state index contributed by atoms with van der Waals surface area (Å²) in [5.74, 6) is -0.206. The zero-order valence-electron chi connectivity index (χ0n) is 21.0. The second kappa shape index (κ2) is 12.1. The van der Waals surface area contributed by atoms with Gasteiger partial charge in [-0.05, 0) is 56.2 Å². The second-order valence-corrected chi connectivity index (χ2v) is 9.99. The molecule has 8 heteroatoms. The third-order valence-corrected chi connectivity index (χ3v) is 7.40. The highest BCUT2D eigenvalue weighted by atomic mass is 16.5. The van der Waals surface area contributed by atoms with Crippen molar-refractivity contribution in [2.45, 2.75) is 82.7 Å². The Labute approximate surface area is 212 Å². The minimum atomic E-state index is -0.929. The molecule has 0 radical (unpaired) electrons. The second-order valence-electron chi connectivity index (χ2n) is 9.99. The number of methoxy groups -OCH3 is 1. The number of carboxylic acids is 1. The van der Waals surface area contributed by atoms with Crippen molar-refractivity contribution >= 4 is 11.9 Å². The van der Waals surface area contributed by atoms with E-state index >= 15 is 0 Å². The summed E-state index contributed by atoms with van der Waals surface area (Å²) in [6.45, 7) is 0. The van der Waals surface area contributed by atoms with E-state index < -0.39 is 17.9 Å². The number of amides is 1. The Kier molecular flexibility index (Phi) is 8.67. The molecule has 36 heavy (non-hydrogen) atoms. The number of allylic oxidation sites excluding steroid dienone is 2. The van der Waals surface area contributed by atoms with E-state index in [9.17, 15) is 19.8 Å². The lowest BCUT2D eigenvalue weighted by Gasteiger charge is -2.24. The van der Waals surface area contributed by atoms with Crippen molar-refractivity contribution in [2.24, 2.45) is 5.92 Å².